The number of furan rings is 2. The fraction of sp³-hybridized carbons (Fsp3) is 0.161. The molecule has 66 heavy (non-hydrogen) atoms. The smallest absolute Gasteiger partial charge is 0.159 e. The second kappa shape index (κ2) is 15.6. The molecule has 0 aliphatic heterocycles. The lowest BCUT2D eigenvalue weighted by Crippen LogP contribution is -2.13. The van der Waals surface area contributed by atoms with Crippen LogP contribution in [0.2, 0.25) is 0 Å². The molecule has 0 aliphatic carbocycles. The molecule has 11 rings (SSSR count). The first-order valence-electron chi connectivity index (χ1n) is 23.1. The highest BCUT2D eigenvalue weighted by atomic mass is 16.3. The summed E-state index contributed by atoms with van der Waals surface area (Å²) >= 11 is 0. The maximum atomic E-state index is 6.90. The van der Waals surface area contributed by atoms with Gasteiger partial charge in [-0.25, -0.2) is 0 Å². The maximum absolute atomic E-state index is 6.90. The molecule has 0 spiro atoms. The fourth-order valence-electron chi connectivity index (χ4n) is 10.3. The van der Waals surface area contributed by atoms with Gasteiger partial charge >= 0.3 is 0 Å². The Morgan fingerprint density at radius 1 is 0.424 bits per heavy atom. The lowest BCUT2D eigenvalue weighted by atomic mass is 9.91. The summed E-state index contributed by atoms with van der Waals surface area (Å²) in [6.07, 6.45) is 6.44. The van der Waals surface area contributed by atoms with Gasteiger partial charge in [-0.1, -0.05) is 103 Å². The summed E-state index contributed by atoms with van der Waals surface area (Å²) in [5.74, 6) is 0.895. The highest BCUT2D eigenvalue weighted by Gasteiger charge is 2.26. The van der Waals surface area contributed by atoms with Gasteiger partial charge in [-0.15, -0.1) is 0 Å². The molecule has 0 atom stereocenters. The quantitative estimate of drug-likeness (QED) is 0.113. The molecular formula is C62H54N2O2. The molecule has 0 aliphatic rings. The van der Waals surface area contributed by atoms with Crippen molar-refractivity contribution in [1.82, 2.24) is 0 Å². The highest BCUT2D eigenvalue weighted by Crippen LogP contribution is 2.51. The molecule has 4 heteroatoms. The van der Waals surface area contributed by atoms with Gasteiger partial charge in [-0.2, -0.15) is 0 Å². The van der Waals surface area contributed by atoms with Gasteiger partial charge in [-0.05, 0) is 178 Å². The number of para-hydroxylation sites is 3. The zero-order valence-electron chi connectivity index (χ0n) is 39.6. The van der Waals surface area contributed by atoms with Crippen LogP contribution in [0.25, 0.3) is 71.3 Å². The van der Waals surface area contributed by atoms with E-state index in [2.05, 4.69) is 225 Å². The van der Waals surface area contributed by atoms with Crippen LogP contribution in [0, 0.1) is 55.4 Å². The third kappa shape index (κ3) is 6.42. The molecule has 0 unspecified atom stereocenters. The molecule has 0 saturated carbocycles. The average Bonchev–Trinajstić information content (AvgIpc) is 3.85. The topological polar surface area (TPSA) is 32.8 Å². The summed E-state index contributed by atoms with van der Waals surface area (Å²) in [4.78, 5) is 4.86. The predicted octanol–water partition coefficient (Wildman–Crippen LogP) is 18.6. The number of fused-ring (bicyclic) bond motifs is 4. The Hall–Kier alpha value is -7.56. The van der Waals surface area contributed by atoms with Gasteiger partial charge in [0.25, 0.3) is 0 Å². The summed E-state index contributed by atoms with van der Waals surface area (Å²) in [6, 6.07) is 47.3. The molecule has 2 heterocycles. The largest absolute Gasteiger partial charge is 0.459 e. The van der Waals surface area contributed by atoms with E-state index in [1.165, 1.54) is 71.3 Å². The van der Waals surface area contributed by atoms with Gasteiger partial charge < -0.3 is 18.6 Å². The molecule has 11 aromatic rings. The third-order valence-corrected chi connectivity index (χ3v) is 14.2. The van der Waals surface area contributed by atoms with Crippen LogP contribution in [-0.2, 0) is 0 Å². The number of hydrogen-bond acceptors (Lipinski definition) is 4. The first-order valence-corrected chi connectivity index (χ1v) is 23.1. The molecule has 2 aromatic heterocycles. The van der Waals surface area contributed by atoms with Crippen molar-refractivity contribution in [2.45, 2.75) is 69.2 Å². The van der Waals surface area contributed by atoms with Crippen LogP contribution < -0.4 is 9.80 Å². The van der Waals surface area contributed by atoms with E-state index in [0.717, 1.165) is 83.9 Å². The molecule has 0 saturated heterocycles. The van der Waals surface area contributed by atoms with Crippen LogP contribution in [0.4, 0.5) is 34.1 Å². The number of nitrogens with zero attached hydrogens (tertiary/aromatic N) is 2. The molecule has 9 aromatic carbocycles. The molecule has 0 bridgehead atoms. The number of rotatable bonds is 8. The second-order valence-electron chi connectivity index (χ2n) is 18.7. The van der Waals surface area contributed by atoms with Crippen molar-refractivity contribution in [3.05, 3.63) is 195 Å². The summed E-state index contributed by atoms with van der Waals surface area (Å²) in [5, 5.41) is 10.5. The summed E-state index contributed by atoms with van der Waals surface area (Å²) < 4.78 is 13.7. The Kier molecular flexibility index (Phi) is 9.70. The Bertz CT molecular complexity index is 3790. The Morgan fingerprint density at radius 2 is 0.879 bits per heavy atom. The van der Waals surface area contributed by atoms with E-state index >= 15 is 0 Å². The maximum Gasteiger partial charge on any atom is 0.159 e. The number of anilines is 6. The van der Waals surface area contributed by atoms with Gasteiger partial charge in [0.1, 0.15) is 11.3 Å². The van der Waals surface area contributed by atoms with E-state index in [4.69, 9.17) is 8.83 Å². The lowest BCUT2D eigenvalue weighted by molar-refractivity contribution is 0.578. The summed E-state index contributed by atoms with van der Waals surface area (Å²) in [6.45, 7) is 21.7. The standard InChI is InChI=1S/C62H54N2O2/c1-35(2)15-11-17-48-43(10)65-61-49(48)19-13-21-56(61)63(46-31-37(4)41(8)38(5)32-46)54-29-25-44-24-28-53-55(30-26-45-23-27-52(54)58(44)59(45)53)64(47-33-39(6)42(9)40(7)34-47)57-22-14-20-51-50-18-12-16-36(3)60(50)66-62(51)57/h11-34H,1-10H3/b17-11-. The first kappa shape index (κ1) is 41.2. The molecule has 0 radical (unpaired) electrons. The van der Waals surface area contributed by atoms with E-state index in [1.807, 2.05) is 0 Å². The van der Waals surface area contributed by atoms with E-state index in [0.29, 0.717) is 0 Å². The van der Waals surface area contributed by atoms with Crippen molar-refractivity contribution in [3.63, 3.8) is 0 Å². The van der Waals surface area contributed by atoms with Crippen molar-refractivity contribution in [2.75, 3.05) is 9.80 Å². The number of allylic oxidation sites excluding steroid dienone is 3. The highest BCUT2D eigenvalue weighted by molar-refractivity contribution is 6.28. The molecule has 324 valence electrons. The van der Waals surface area contributed by atoms with E-state index in [9.17, 15) is 0 Å². The monoisotopic (exact) mass is 858 g/mol. The summed E-state index contributed by atoms with van der Waals surface area (Å²) in [7, 11) is 0. The predicted molar refractivity (Wildman–Crippen MR) is 283 cm³/mol. The molecule has 0 N–H and O–H groups in total. The van der Waals surface area contributed by atoms with Gasteiger partial charge in [0.15, 0.2) is 11.2 Å². The average molecular weight is 859 g/mol. The fourth-order valence-corrected chi connectivity index (χ4v) is 10.3. The van der Waals surface area contributed by atoms with Crippen LogP contribution in [0.1, 0.15) is 64.1 Å². The van der Waals surface area contributed by atoms with Crippen molar-refractivity contribution >= 4 is 105 Å². The van der Waals surface area contributed by atoms with Crippen molar-refractivity contribution in [1.29, 1.82) is 0 Å². The van der Waals surface area contributed by atoms with E-state index in [-0.39, 0.29) is 0 Å². The van der Waals surface area contributed by atoms with Crippen LogP contribution in [0.3, 0.4) is 0 Å². The zero-order valence-corrected chi connectivity index (χ0v) is 39.6. The molecular weight excluding hydrogens is 805 g/mol. The Labute approximate surface area is 387 Å². The molecule has 0 amide bonds. The lowest BCUT2D eigenvalue weighted by Gasteiger charge is -2.30. The van der Waals surface area contributed by atoms with Crippen molar-refractivity contribution in [3.8, 4) is 0 Å². The van der Waals surface area contributed by atoms with Crippen LogP contribution in [-0.4, -0.2) is 0 Å². The minimum absolute atomic E-state index is 0.866. The minimum atomic E-state index is 0.866. The zero-order chi connectivity index (χ0) is 45.7. The normalized spacial score (nSPS) is 12.0. The van der Waals surface area contributed by atoms with Gasteiger partial charge in [-0.3, -0.25) is 0 Å². The second-order valence-corrected chi connectivity index (χ2v) is 18.7. The number of aryl methyl sites for hydroxylation is 6. The Balaban J connectivity index is 1.19. The van der Waals surface area contributed by atoms with E-state index < -0.39 is 0 Å². The van der Waals surface area contributed by atoms with E-state index in [1.54, 1.807) is 0 Å². The van der Waals surface area contributed by atoms with Gasteiger partial charge in [0, 0.05) is 43.9 Å². The van der Waals surface area contributed by atoms with Crippen LogP contribution in [0.15, 0.2) is 154 Å². The molecule has 0 fully saturated rings. The van der Waals surface area contributed by atoms with Gasteiger partial charge in [0.2, 0.25) is 0 Å². The minimum Gasteiger partial charge on any atom is -0.459 e. The summed E-state index contributed by atoms with van der Waals surface area (Å²) in [5.41, 5.74) is 20.2. The SMILES string of the molecule is CC(C)=C/C=C\c1c(C)oc2c(N(c3cc(C)c(C)c(C)c3)c3ccc4ccc5c(N(c6cc(C)c(C)c(C)c6)c6cccc7c6oc6c(C)cccc67)ccc6ccc3c4c65)cccc12. The van der Waals surface area contributed by atoms with Crippen LogP contribution >= 0.6 is 0 Å². The van der Waals surface area contributed by atoms with Crippen molar-refractivity contribution in [2.24, 2.45) is 0 Å². The number of hydrogen-bond donors (Lipinski definition) is 0. The third-order valence-electron chi connectivity index (χ3n) is 14.2. The van der Waals surface area contributed by atoms with Gasteiger partial charge in [0.05, 0.1) is 22.7 Å². The first-order chi connectivity index (χ1) is 31.9. The van der Waals surface area contributed by atoms with Crippen LogP contribution in [0.5, 0.6) is 0 Å². The van der Waals surface area contributed by atoms with Crippen molar-refractivity contribution < 1.29 is 8.83 Å². The molecule has 4 nitrogen and oxygen atoms in total. The Morgan fingerprint density at radius 3 is 1.39 bits per heavy atom. The number of benzene rings is 9.